The van der Waals surface area contributed by atoms with Gasteiger partial charge in [-0.15, -0.1) is 0 Å². The normalized spacial score (nSPS) is 13.4. The Kier molecular flexibility index (Phi) is 4.66. The second-order valence-electron chi connectivity index (χ2n) is 4.45. The smallest absolute Gasteiger partial charge is 0.323 e. The Morgan fingerprint density at radius 3 is 2.47 bits per heavy atom. The molecule has 0 aliphatic rings. The third kappa shape index (κ3) is 3.84. The molecule has 4 nitrogen and oxygen atoms in total. The highest BCUT2D eigenvalue weighted by Crippen LogP contribution is 2.14. The summed E-state index contributed by atoms with van der Waals surface area (Å²) in [5.41, 5.74) is 0.298. The Morgan fingerprint density at radius 2 is 2.00 bits per heavy atom. The maximum Gasteiger partial charge on any atom is 0.323 e. The highest BCUT2D eigenvalue weighted by molar-refractivity contribution is 5.75. The van der Waals surface area contributed by atoms with Gasteiger partial charge in [-0.05, 0) is 19.4 Å². The first-order valence-corrected chi connectivity index (χ1v) is 5.52. The summed E-state index contributed by atoms with van der Waals surface area (Å²) in [6.45, 7) is 4.01. The second kappa shape index (κ2) is 5.80. The van der Waals surface area contributed by atoms with Crippen molar-refractivity contribution in [3.63, 3.8) is 0 Å². The molecule has 0 saturated carbocycles. The quantitative estimate of drug-likeness (QED) is 0.790. The lowest BCUT2D eigenvalue weighted by Crippen LogP contribution is -2.52. The Morgan fingerprint density at radius 1 is 1.41 bits per heavy atom. The second-order valence-corrected chi connectivity index (χ2v) is 4.45. The Balaban J connectivity index is 2.66. The molecule has 0 aliphatic carbocycles. The van der Waals surface area contributed by atoms with Crippen LogP contribution in [0.2, 0.25) is 0 Å². The highest BCUT2D eigenvalue weighted by Gasteiger charge is 2.34. The van der Waals surface area contributed by atoms with E-state index >= 15 is 0 Å². The predicted octanol–water partition coefficient (Wildman–Crippen LogP) is 1.65. The summed E-state index contributed by atoms with van der Waals surface area (Å²) in [7, 11) is 1.51. The van der Waals surface area contributed by atoms with Gasteiger partial charge in [-0.25, -0.2) is 0 Å². The number of aliphatic carboxylic acids is 1. The van der Waals surface area contributed by atoms with E-state index in [-0.39, 0.29) is 0 Å². The molecule has 1 aromatic rings. The van der Waals surface area contributed by atoms with Crippen LogP contribution in [0.25, 0.3) is 0 Å². The molecule has 0 spiro atoms. The molecule has 0 bridgehead atoms. The standard InChI is InChI=1S/C13H19NO3/c1-13(2,17-3)11(12(15)16)14-9-10-7-5-4-6-8-10/h4-8,11,14H,9H2,1-3H3,(H,15,16). The van der Waals surface area contributed by atoms with Crippen LogP contribution in [-0.2, 0) is 16.1 Å². The van der Waals surface area contributed by atoms with Crippen LogP contribution in [0.15, 0.2) is 30.3 Å². The van der Waals surface area contributed by atoms with Crippen LogP contribution in [0.4, 0.5) is 0 Å². The summed E-state index contributed by atoms with van der Waals surface area (Å²) < 4.78 is 5.21. The number of nitrogens with one attached hydrogen (secondary N) is 1. The molecule has 2 N–H and O–H groups in total. The zero-order valence-electron chi connectivity index (χ0n) is 10.4. The molecular formula is C13H19NO3. The first kappa shape index (κ1) is 13.7. The molecule has 1 unspecified atom stereocenters. The van der Waals surface area contributed by atoms with Gasteiger partial charge in [0, 0.05) is 13.7 Å². The van der Waals surface area contributed by atoms with Crippen LogP contribution in [-0.4, -0.2) is 29.8 Å². The van der Waals surface area contributed by atoms with Crippen molar-refractivity contribution in [1.82, 2.24) is 5.32 Å². The molecule has 17 heavy (non-hydrogen) atoms. The minimum atomic E-state index is -0.909. The zero-order valence-corrected chi connectivity index (χ0v) is 10.4. The largest absolute Gasteiger partial charge is 0.480 e. The number of carbonyl (C=O) groups is 1. The summed E-state index contributed by atoms with van der Waals surface area (Å²) in [4.78, 5) is 11.2. The van der Waals surface area contributed by atoms with Crippen molar-refractivity contribution in [2.75, 3.05) is 7.11 Å². The van der Waals surface area contributed by atoms with Gasteiger partial charge in [0.05, 0.1) is 5.60 Å². The summed E-state index contributed by atoms with van der Waals surface area (Å²) in [6, 6.07) is 8.93. The molecule has 0 aliphatic heterocycles. The third-order valence-corrected chi connectivity index (χ3v) is 2.82. The zero-order chi connectivity index (χ0) is 12.9. The van der Waals surface area contributed by atoms with E-state index in [1.54, 1.807) is 13.8 Å². The molecule has 94 valence electrons. The number of hydrogen-bond donors (Lipinski definition) is 2. The topological polar surface area (TPSA) is 58.6 Å². The summed E-state index contributed by atoms with van der Waals surface area (Å²) in [5.74, 6) is -0.909. The van der Waals surface area contributed by atoms with Crippen molar-refractivity contribution in [2.45, 2.75) is 32.0 Å². The fraction of sp³-hybridized carbons (Fsp3) is 0.462. The fourth-order valence-corrected chi connectivity index (χ4v) is 1.56. The molecule has 1 rings (SSSR count). The SMILES string of the molecule is COC(C)(C)C(NCc1ccccc1)C(=O)O. The van der Waals surface area contributed by atoms with Crippen LogP contribution in [0, 0.1) is 0 Å². The Labute approximate surface area is 102 Å². The van der Waals surface area contributed by atoms with Crippen molar-refractivity contribution in [3.8, 4) is 0 Å². The Bertz CT molecular complexity index is 362. The highest BCUT2D eigenvalue weighted by atomic mass is 16.5. The van der Waals surface area contributed by atoms with Crippen LogP contribution in [0.1, 0.15) is 19.4 Å². The van der Waals surface area contributed by atoms with E-state index in [4.69, 9.17) is 4.74 Å². The average molecular weight is 237 g/mol. The first-order chi connectivity index (χ1) is 7.97. The number of methoxy groups -OCH3 is 1. The van der Waals surface area contributed by atoms with Crippen LogP contribution in [0.3, 0.4) is 0 Å². The van der Waals surface area contributed by atoms with Crippen LogP contribution >= 0.6 is 0 Å². The van der Waals surface area contributed by atoms with Gasteiger partial charge in [-0.2, -0.15) is 0 Å². The third-order valence-electron chi connectivity index (χ3n) is 2.82. The minimum absolute atomic E-state index is 0.505. The molecule has 0 radical (unpaired) electrons. The summed E-state index contributed by atoms with van der Waals surface area (Å²) in [5, 5.41) is 12.2. The van der Waals surface area contributed by atoms with Gasteiger partial charge >= 0.3 is 5.97 Å². The first-order valence-electron chi connectivity index (χ1n) is 5.52. The molecule has 0 aromatic heterocycles. The number of hydrogen-bond acceptors (Lipinski definition) is 3. The molecule has 0 heterocycles. The molecule has 1 aromatic carbocycles. The van der Waals surface area contributed by atoms with Gasteiger partial charge in [-0.3, -0.25) is 10.1 Å². The monoisotopic (exact) mass is 237 g/mol. The Hall–Kier alpha value is -1.39. The van der Waals surface area contributed by atoms with E-state index in [0.717, 1.165) is 5.56 Å². The molecular weight excluding hydrogens is 218 g/mol. The average Bonchev–Trinajstić information content (AvgIpc) is 2.30. The lowest BCUT2D eigenvalue weighted by Gasteiger charge is -2.30. The van der Waals surface area contributed by atoms with Crippen LogP contribution < -0.4 is 5.32 Å². The van der Waals surface area contributed by atoms with Gasteiger partial charge in [0.1, 0.15) is 6.04 Å². The van der Waals surface area contributed by atoms with Crippen molar-refractivity contribution in [3.05, 3.63) is 35.9 Å². The van der Waals surface area contributed by atoms with Crippen LogP contribution in [0.5, 0.6) is 0 Å². The lowest BCUT2D eigenvalue weighted by molar-refractivity contribution is -0.147. The summed E-state index contributed by atoms with van der Waals surface area (Å²) >= 11 is 0. The number of carboxylic acid groups (broad SMARTS) is 1. The van der Waals surface area contributed by atoms with Gasteiger partial charge in [0.15, 0.2) is 0 Å². The van der Waals surface area contributed by atoms with E-state index in [1.165, 1.54) is 7.11 Å². The van der Waals surface area contributed by atoms with Crippen molar-refractivity contribution in [1.29, 1.82) is 0 Å². The maximum absolute atomic E-state index is 11.2. The van der Waals surface area contributed by atoms with E-state index in [9.17, 15) is 9.90 Å². The molecule has 4 heteroatoms. The van der Waals surface area contributed by atoms with E-state index < -0.39 is 17.6 Å². The molecule has 0 saturated heterocycles. The minimum Gasteiger partial charge on any atom is -0.480 e. The molecule has 1 atom stereocenters. The van der Waals surface area contributed by atoms with Crippen molar-refractivity contribution in [2.24, 2.45) is 0 Å². The molecule has 0 amide bonds. The van der Waals surface area contributed by atoms with Gasteiger partial charge in [0.2, 0.25) is 0 Å². The lowest BCUT2D eigenvalue weighted by atomic mass is 9.98. The van der Waals surface area contributed by atoms with Gasteiger partial charge in [0.25, 0.3) is 0 Å². The van der Waals surface area contributed by atoms with Gasteiger partial charge in [-0.1, -0.05) is 30.3 Å². The van der Waals surface area contributed by atoms with E-state index in [1.807, 2.05) is 30.3 Å². The number of ether oxygens (including phenoxy) is 1. The van der Waals surface area contributed by atoms with Crippen molar-refractivity contribution >= 4 is 5.97 Å². The number of carboxylic acids is 1. The van der Waals surface area contributed by atoms with E-state index in [2.05, 4.69) is 5.32 Å². The van der Waals surface area contributed by atoms with Gasteiger partial charge < -0.3 is 9.84 Å². The maximum atomic E-state index is 11.2. The number of benzene rings is 1. The van der Waals surface area contributed by atoms with Crippen molar-refractivity contribution < 1.29 is 14.6 Å². The van der Waals surface area contributed by atoms with E-state index in [0.29, 0.717) is 6.54 Å². The molecule has 0 fully saturated rings. The predicted molar refractivity (Wildman–Crippen MR) is 65.8 cm³/mol. The fourth-order valence-electron chi connectivity index (χ4n) is 1.56. The summed E-state index contributed by atoms with van der Waals surface area (Å²) in [6.07, 6.45) is 0. The number of rotatable bonds is 6.